The van der Waals surface area contributed by atoms with Crippen LogP contribution in [0.3, 0.4) is 0 Å². The molecule has 0 atom stereocenters. The Labute approximate surface area is 112 Å². The second-order valence-electron chi connectivity index (χ2n) is 4.36. The van der Waals surface area contributed by atoms with E-state index in [0.717, 1.165) is 6.07 Å². The molecule has 0 aliphatic heterocycles. The molecule has 0 fully saturated rings. The molecule has 0 aliphatic carbocycles. The molecule has 2 aromatic rings. The first-order valence-electron chi connectivity index (χ1n) is 5.31. The number of hydrogen-bond acceptors (Lipinski definition) is 4. The number of H-pyrrole nitrogens is 1. The Bertz CT molecular complexity index is 765. The number of nitrogens with zero attached hydrogens (tertiary/aromatic N) is 2. The number of alkyl halides is 3. The molecule has 0 radical (unpaired) electrons. The predicted molar refractivity (Wildman–Crippen MR) is 66.8 cm³/mol. The number of sulfonamides is 1. The highest BCUT2D eigenvalue weighted by Crippen LogP contribution is 2.36. The summed E-state index contributed by atoms with van der Waals surface area (Å²) in [7, 11) is -1.22. The number of aromatic nitrogens is 2. The van der Waals surface area contributed by atoms with Gasteiger partial charge in [0.2, 0.25) is 16.0 Å². The van der Waals surface area contributed by atoms with Gasteiger partial charge in [0, 0.05) is 14.1 Å². The van der Waals surface area contributed by atoms with Gasteiger partial charge < -0.3 is 9.88 Å². The van der Waals surface area contributed by atoms with Crippen LogP contribution in [0, 0.1) is 0 Å². The van der Waals surface area contributed by atoms with Crippen LogP contribution in [-0.2, 0) is 16.2 Å². The number of hydrogen-bond donors (Lipinski definition) is 2. The van der Waals surface area contributed by atoms with Gasteiger partial charge in [0.05, 0.1) is 21.5 Å². The first kappa shape index (κ1) is 14.6. The fraction of sp³-hybridized carbons (Fsp3) is 0.300. The van der Waals surface area contributed by atoms with Gasteiger partial charge in [0.15, 0.2) is 0 Å². The lowest BCUT2D eigenvalue weighted by molar-refractivity contribution is -0.139. The van der Waals surface area contributed by atoms with Gasteiger partial charge in [-0.05, 0) is 12.1 Å². The average Bonchev–Trinajstić information content (AvgIpc) is 2.67. The Morgan fingerprint density at radius 1 is 1.30 bits per heavy atom. The molecule has 1 aromatic heterocycles. The minimum Gasteiger partial charge on any atom is -0.349 e. The molecule has 20 heavy (non-hydrogen) atoms. The zero-order valence-electron chi connectivity index (χ0n) is 10.5. The first-order chi connectivity index (χ1) is 9.00. The van der Waals surface area contributed by atoms with E-state index >= 15 is 0 Å². The average molecular weight is 308 g/mol. The Hall–Kier alpha value is -1.81. The van der Waals surface area contributed by atoms with Gasteiger partial charge in [-0.3, -0.25) is 0 Å². The van der Waals surface area contributed by atoms with Crippen molar-refractivity contribution in [3.63, 3.8) is 0 Å². The summed E-state index contributed by atoms with van der Waals surface area (Å²) in [6.45, 7) is 0. The SMILES string of the molecule is CN(C)c1nc2cc(C(F)(F)F)c(S(N)(=O)=O)cc2[nH]1. The topological polar surface area (TPSA) is 92.1 Å². The summed E-state index contributed by atoms with van der Waals surface area (Å²) in [5.74, 6) is 0.305. The van der Waals surface area contributed by atoms with Gasteiger partial charge in [0.25, 0.3) is 0 Å². The van der Waals surface area contributed by atoms with E-state index in [1.165, 1.54) is 0 Å². The number of nitrogens with one attached hydrogen (secondary N) is 1. The third-order valence-electron chi connectivity index (χ3n) is 2.61. The summed E-state index contributed by atoms with van der Waals surface area (Å²) in [5, 5.41) is 4.84. The van der Waals surface area contributed by atoms with E-state index in [-0.39, 0.29) is 11.0 Å². The molecule has 0 aliphatic rings. The molecule has 10 heteroatoms. The van der Waals surface area contributed by atoms with Crippen molar-refractivity contribution in [2.75, 3.05) is 19.0 Å². The van der Waals surface area contributed by atoms with Gasteiger partial charge in [-0.1, -0.05) is 0 Å². The lowest BCUT2D eigenvalue weighted by Gasteiger charge is -2.11. The monoisotopic (exact) mass is 308 g/mol. The van der Waals surface area contributed by atoms with Crippen LogP contribution in [0.25, 0.3) is 11.0 Å². The van der Waals surface area contributed by atoms with Crippen LogP contribution in [0.1, 0.15) is 5.56 Å². The van der Waals surface area contributed by atoms with Crippen molar-refractivity contribution >= 4 is 27.0 Å². The zero-order chi connectivity index (χ0) is 15.3. The minimum absolute atomic E-state index is 0.00780. The molecule has 1 aromatic carbocycles. The van der Waals surface area contributed by atoms with Crippen molar-refractivity contribution in [2.45, 2.75) is 11.1 Å². The van der Waals surface area contributed by atoms with Crippen LogP contribution in [0.2, 0.25) is 0 Å². The molecule has 110 valence electrons. The van der Waals surface area contributed by atoms with Crippen LogP contribution in [0.4, 0.5) is 19.1 Å². The molecule has 0 saturated carbocycles. The van der Waals surface area contributed by atoms with Crippen molar-refractivity contribution < 1.29 is 21.6 Å². The zero-order valence-corrected chi connectivity index (χ0v) is 11.3. The van der Waals surface area contributed by atoms with Gasteiger partial charge in [0.1, 0.15) is 0 Å². The lowest BCUT2D eigenvalue weighted by Crippen LogP contribution is -2.19. The Morgan fingerprint density at radius 3 is 2.35 bits per heavy atom. The molecule has 1 heterocycles. The number of halogens is 3. The molecule has 0 saturated heterocycles. The first-order valence-corrected chi connectivity index (χ1v) is 6.86. The van der Waals surface area contributed by atoms with Crippen molar-refractivity contribution in [1.29, 1.82) is 0 Å². The summed E-state index contributed by atoms with van der Waals surface area (Å²) in [5.41, 5.74) is -1.16. The Kier molecular flexibility index (Phi) is 3.17. The van der Waals surface area contributed by atoms with Crippen molar-refractivity contribution in [3.8, 4) is 0 Å². The fourth-order valence-corrected chi connectivity index (χ4v) is 2.46. The molecule has 2 rings (SSSR count). The number of benzene rings is 1. The van der Waals surface area contributed by atoms with E-state index in [0.29, 0.717) is 12.0 Å². The normalized spacial score (nSPS) is 12.9. The highest BCUT2D eigenvalue weighted by atomic mass is 32.2. The maximum absolute atomic E-state index is 12.9. The molecular formula is C10H11F3N4O2S. The summed E-state index contributed by atoms with van der Waals surface area (Å²) in [6, 6.07) is 1.51. The van der Waals surface area contributed by atoms with Crippen molar-refractivity contribution in [1.82, 2.24) is 9.97 Å². The smallest absolute Gasteiger partial charge is 0.349 e. The third kappa shape index (κ3) is 2.56. The summed E-state index contributed by atoms with van der Waals surface area (Å²) in [4.78, 5) is 7.22. The van der Waals surface area contributed by atoms with E-state index in [2.05, 4.69) is 9.97 Å². The van der Waals surface area contributed by atoms with Crippen LogP contribution in [0.5, 0.6) is 0 Å². The molecular weight excluding hydrogens is 297 g/mol. The summed E-state index contributed by atoms with van der Waals surface area (Å²) in [6.07, 6.45) is -4.84. The summed E-state index contributed by atoms with van der Waals surface area (Å²) >= 11 is 0. The molecule has 0 unspecified atom stereocenters. The second-order valence-corrected chi connectivity index (χ2v) is 5.89. The van der Waals surface area contributed by atoms with Gasteiger partial charge >= 0.3 is 6.18 Å². The standard InChI is InChI=1S/C10H11F3N4O2S/c1-17(2)9-15-6-3-5(10(11,12)13)8(20(14,18)19)4-7(6)16-9/h3-4H,1-2H3,(H,15,16)(H2,14,18,19). The van der Waals surface area contributed by atoms with Gasteiger partial charge in [-0.15, -0.1) is 0 Å². The lowest BCUT2D eigenvalue weighted by atomic mass is 10.2. The maximum atomic E-state index is 12.9. The minimum atomic E-state index is -4.84. The molecule has 0 amide bonds. The summed E-state index contributed by atoms with van der Waals surface area (Å²) < 4.78 is 61.3. The van der Waals surface area contributed by atoms with E-state index in [1.807, 2.05) is 0 Å². The van der Waals surface area contributed by atoms with E-state index in [4.69, 9.17) is 5.14 Å². The predicted octanol–water partition coefficient (Wildman–Crippen LogP) is 1.30. The van der Waals surface area contributed by atoms with Crippen LogP contribution >= 0.6 is 0 Å². The Morgan fingerprint density at radius 2 is 1.90 bits per heavy atom. The molecule has 6 nitrogen and oxygen atoms in total. The third-order valence-corrected chi connectivity index (χ3v) is 3.56. The number of primary sulfonamides is 1. The van der Waals surface area contributed by atoms with E-state index in [1.54, 1.807) is 19.0 Å². The molecule has 0 spiro atoms. The van der Waals surface area contributed by atoms with Crippen LogP contribution < -0.4 is 10.0 Å². The Balaban J connectivity index is 2.82. The number of fused-ring (bicyclic) bond motifs is 1. The van der Waals surface area contributed by atoms with Crippen molar-refractivity contribution in [3.05, 3.63) is 17.7 Å². The molecule has 3 N–H and O–H groups in total. The number of anilines is 1. The van der Waals surface area contributed by atoms with Gasteiger partial charge in [-0.25, -0.2) is 18.5 Å². The van der Waals surface area contributed by atoms with E-state index < -0.39 is 26.7 Å². The quantitative estimate of drug-likeness (QED) is 0.874. The van der Waals surface area contributed by atoms with E-state index in [9.17, 15) is 21.6 Å². The number of imidazole rings is 1. The van der Waals surface area contributed by atoms with Crippen LogP contribution in [0.15, 0.2) is 17.0 Å². The number of nitrogens with two attached hydrogens (primary N) is 1. The van der Waals surface area contributed by atoms with Crippen molar-refractivity contribution in [2.24, 2.45) is 5.14 Å². The maximum Gasteiger partial charge on any atom is 0.417 e. The second kappa shape index (κ2) is 4.35. The highest BCUT2D eigenvalue weighted by Gasteiger charge is 2.37. The molecule has 0 bridgehead atoms. The van der Waals surface area contributed by atoms with Gasteiger partial charge in [-0.2, -0.15) is 13.2 Å². The number of aromatic amines is 1. The highest BCUT2D eigenvalue weighted by molar-refractivity contribution is 7.89. The number of rotatable bonds is 2. The fourth-order valence-electron chi connectivity index (χ4n) is 1.69. The van der Waals surface area contributed by atoms with Crippen LogP contribution in [-0.4, -0.2) is 32.5 Å². The largest absolute Gasteiger partial charge is 0.417 e.